The Morgan fingerprint density at radius 1 is 1.15 bits per heavy atom. The molecule has 0 aliphatic carbocycles. The molecule has 0 N–H and O–H groups in total. The number of hydrogen-bond acceptors (Lipinski definition) is 6. The van der Waals surface area contributed by atoms with Gasteiger partial charge in [0.05, 0.1) is 17.1 Å². The van der Waals surface area contributed by atoms with Crippen molar-refractivity contribution in [2.75, 3.05) is 46.5 Å². The van der Waals surface area contributed by atoms with Crippen molar-refractivity contribution in [2.45, 2.75) is 62.2 Å². The third-order valence-corrected chi connectivity index (χ3v) is 9.44. The van der Waals surface area contributed by atoms with E-state index < -0.39 is 16.6 Å². The first-order valence-corrected chi connectivity index (χ1v) is 13.0. The highest BCUT2D eigenvalue weighted by Crippen LogP contribution is 2.42. The Morgan fingerprint density at radius 2 is 1.85 bits per heavy atom. The average molecular weight is 489 g/mol. The van der Waals surface area contributed by atoms with Crippen LogP contribution in [0.5, 0.6) is 5.75 Å². The van der Waals surface area contributed by atoms with Crippen molar-refractivity contribution in [2.24, 2.45) is 5.41 Å². The molecule has 3 aliphatic rings. The summed E-state index contributed by atoms with van der Waals surface area (Å²) in [4.78, 5) is 2.62. The van der Waals surface area contributed by atoms with Gasteiger partial charge in [-0.2, -0.15) is 13.1 Å². The van der Waals surface area contributed by atoms with Crippen molar-refractivity contribution >= 4 is 10.0 Å². The molecule has 3 aliphatic heterocycles. The van der Waals surface area contributed by atoms with Gasteiger partial charge in [-0.25, -0.2) is 8.42 Å². The van der Waals surface area contributed by atoms with Crippen LogP contribution in [-0.2, 0) is 19.5 Å². The SMILES string of the molecule is COCC[C@@]1(C)CCN([C@@H]2COC3(CCN(S(=O)(=O)c4ccc(OC(F)F)cc4)CC3)C2)C1. The normalized spacial score (nSPS) is 28.7. The number of alkyl halides is 2. The second kappa shape index (κ2) is 9.73. The molecule has 33 heavy (non-hydrogen) atoms. The number of rotatable bonds is 8. The molecule has 4 rings (SSSR count). The molecule has 7 nitrogen and oxygen atoms in total. The number of sulfonamides is 1. The largest absolute Gasteiger partial charge is 0.435 e. The van der Waals surface area contributed by atoms with E-state index in [1.165, 1.54) is 28.6 Å². The lowest BCUT2D eigenvalue weighted by Gasteiger charge is -2.38. The lowest BCUT2D eigenvalue weighted by atomic mass is 9.86. The van der Waals surface area contributed by atoms with Crippen molar-refractivity contribution in [1.82, 2.24) is 9.21 Å². The highest BCUT2D eigenvalue weighted by molar-refractivity contribution is 7.89. The van der Waals surface area contributed by atoms with Crippen LogP contribution in [0.4, 0.5) is 8.78 Å². The van der Waals surface area contributed by atoms with E-state index in [1.807, 2.05) is 0 Å². The van der Waals surface area contributed by atoms with Gasteiger partial charge in [0, 0.05) is 39.4 Å². The van der Waals surface area contributed by atoms with E-state index in [9.17, 15) is 17.2 Å². The minimum Gasteiger partial charge on any atom is -0.435 e. The first-order chi connectivity index (χ1) is 15.6. The lowest BCUT2D eigenvalue weighted by Crippen LogP contribution is -2.47. The van der Waals surface area contributed by atoms with E-state index >= 15 is 0 Å². The Labute approximate surface area is 195 Å². The summed E-state index contributed by atoms with van der Waals surface area (Å²) in [5, 5.41) is 0. The Hall–Kier alpha value is -1.33. The maximum absolute atomic E-state index is 13.0. The van der Waals surface area contributed by atoms with Crippen LogP contribution < -0.4 is 4.74 Å². The van der Waals surface area contributed by atoms with Crippen LogP contribution in [0.3, 0.4) is 0 Å². The fraction of sp³-hybridized carbons (Fsp3) is 0.739. The van der Waals surface area contributed by atoms with Gasteiger partial charge >= 0.3 is 6.61 Å². The molecule has 1 spiro atoms. The highest BCUT2D eigenvalue weighted by Gasteiger charge is 2.48. The van der Waals surface area contributed by atoms with E-state index in [4.69, 9.17) is 9.47 Å². The summed E-state index contributed by atoms with van der Waals surface area (Å²) in [5.74, 6) is -0.0628. The lowest BCUT2D eigenvalue weighted by molar-refractivity contribution is -0.0498. The van der Waals surface area contributed by atoms with E-state index in [1.54, 1.807) is 7.11 Å². The van der Waals surface area contributed by atoms with Crippen LogP contribution in [0.2, 0.25) is 0 Å². The molecule has 3 saturated heterocycles. The number of methoxy groups -OCH3 is 1. The van der Waals surface area contributed by atoms with Crippen molar-refractivity contribution in [1.29, 1.82) is 0 Å². The highest BCUT2D eigenvalue weighted by atomic mass is 32.2. The topological polar surface area (TPSA) is 68.3 Å². The van der Waals surface area contributed by atoms with Crippen LogP contribution in [0.25, 0.3) is 0 Å². The molecule has 0 amide bonds. The minimum absolute atomic E-state index is 0.0628. The number of hydrogen-bond donors (Lipinski definition) is 0. The van der Waals surface area contributed by atoms with Gasteiger partial charge in [0.25, 0.3) is 0 Å². The van der Waals surface area contributed by atoms with Gasteiger partial charge in [-0.15, -0.1) is 0 Å². The number of nitrogens with zero attached hydrogens (tertiary/aromatic N) is 2. The Kier molecular flexibility index (Phi) is 7.31. The zero-order valence-electron chi connectivity index (χ0n) is 19.3. The van der Waals surface area contributed by atoms with Gasteiger partial charge in [0.2, 0.25) is 10.0 Å². The van der Waals surface area contributed by atoms with Crippen molar-refractivity contribution in [3.63, 3.8) is 0 Å². The summed E-state index contributed by atoms with van der Waals surface area (Å²) >= 11 is 0. The third-order valence-electron chi connectivity index (χ3n) is 7.52. The van der Waals surface area contributed by atoms with Crippen LogP contribution in [0, 0.1) is 5.41 Å². The fourth-order valence-electron chi connectivity index (χ4n) is 5.41. The second-order valence-corrected chi connectivity index (χ2v) is 11.8. The molecule has 0 bridgehead atoms. The standard InChI is InChI=1S/C23H34F2N2O5S/c1-22(10-14-30-2)7-11-26(17-22)18-15-23(31-16-18)8-12-27(13-9-23)33(28,29)20-5-3-19(4-6-20)32-21(24)25/h3-6,18,21H,7-17H2,1-2H3/t18-,22+/m0/s1. The molecule has 3 fully saturated rings. The van der Waals surface area contributed by atoms with E-state index in [-0.39, 0.29) is 21.7 Å². The van der Waals surface area contributed by atoms with Gasteiger partial charge in [-0.05, 0) is 68.3 Å². The Morgan fingerprint density at radius 3 is 2.48 bits per heavy atom. The first kappa shape index (κ1) is 24.8. The van der Waals surface area contributed by atoms with Crippen molar-refractivity contribution in [3.8, 4) is 5.75 Å². The van der Waals surface area contributed by atoms with Gasteiger partial charge < -0.3 is 14.2 Å². The maximum atomic E-state index is 13.0. The summed E-state index contributed by atoms with van der Waals surface area (Å²) in [6, 6.07) is 5.51. The first-order valence-electron chi connectivity index (χ1n) is 11.6. The molecule has 10 heteroatoms. The molecule has 0 unspecified atom stereocenters. The Bertz CT molecular complexity index is 906. The van der Waals surface area contributed by atoms with Crippen LogP contribution in [-0.4, -0.2) is 82.4 Å². The zero-order valence-corrected chi connectivity index (χ0v) is 20.2. The van der Waals surface area contributed by atoms with Crippen LogP contribution >= 0.6 is 0 Å². The number of benzene rings is 1. The average Bonchev–Trinajstić information content (AvgIpc) is 3.37. The summed E-state index contributed by atoms with van der Waals surface area (Å²) < 4.78 is 68.1. The summed E-state index contributed by atoms with van der Waals surface area (Å²) in [6.45, 7) is 3.74. The molecule has 1 aromatic rings. The monoisotopic (exact) mass is 488 g/mol. The molecule has 1 aromatic carbocycles. The summed E-state index contributed by atoms with van der Waals surface area (Å²) in [6.07, 6.45) is 4.46. The molecular formula is C23H34F2N2O5S. The number of piperidine rings is 1. The summed E-state index contributed by atoms with van der Waals surface area (Å²) in [7, 11) is -1.95. The molecular weight excluding hydrogens is 454 g/mol. The maximum Gasteiger partial charge on any atom is 0.387 e. The van der Waals surface area contributed by atoms with Crippen molar-refractivity contribution in [3.05, 3.63) is 24.3 Å². The summed E-state index contributed by atoms with van der Waals surface area (Å²) in [5.41, 5.74) is 0.0102. The van der Waals surface area contributed by atoms with Crippen LogP contribution in [0.15, 0.2) is 29.2 Å². The molecule has 3 heterocycles. The zero-order chi connectivity index (χ0) is 23.7. The van der Waals surface area contributed by atoms with Gasteiger partial charge in [-0.1, -0.05) is 6.92 Å². The smallest absolute Gasteiger partial charge is 0.387 e. The number of halogens is 2. The number of likely N-dealkylation sites (tertiary alicyclic amines) is 1. The van der Waals surface area contributed by atoms with E-state index in [0.29, 0.717) is 38.6 Å². The molecule has 0 radical (unpaired) electrons. The Balaban J connectivity index is 1.32. The van der Waals surface area contributed by atoms with Gasteiger partial charge in [-0.3, -0.25) is 4.90 Å². The predicted molar refractivity (Wildman–Crippen MR) is 119 cm³/mol. The fourth-order valence-corrected chi connectivity index (χ4v) is 6.85. The van der Waals surface area contributed by atoms with Gasteiger partial charge in [0.15, 0.2) is 0 Å². The van der Waals surface area contributed by atoms with E-state index in [2.05, 4.69) is 16.6 Å². The second-order valence-electron chi connectivity index (χ2n) is 9.88. The molecule has 0 aromatic heterocycles. The predicted octanol–water partition coefficient (Wildman–Crippen LogP) is 3.35. The van der Waals surface area contributed by atoms with Crippen molar-refractivity contribution < 1.29 is 31.4 Å². The minimum atomic E-state index is -3.69. The molecule has 0 saturated carbocycles. The quantitative estimate of drug-likeness (QED) is 0.559. The third kappa shape index (κ3) is 5.51. The number of ether oxygens (including phenoxy) is 3. The molecule has 2 atom stereocenters. The molecule has 186 valence electrons. The van der Waals surface area contributed by atoms with E-state index in [0.717, 1.165) is 39.0 Å². The van der Waals surface area contributed by atoms with Crippen LogP contribution in [0.1, 0.15) is 39.0 Å². The van der Waals surface area contributed by atoms with Gasteiger partial charge in [0.1, 0.15) is 5.75 Å².